The van der Waals surface area contributed by atoms with E-state index in [2.05, 4.69) is 4.98 Å². The standard InChI is InChI=1S/C13H15NO3S2/c1-9-7-18-12(14-9)8-19(15)13-10(16-2)5-4-6-11(13)17-3/h4-7H,8H2,1-3H3/t19-/m0/s1. The van der Waals surface area contributed by atoms with Crippen LogP contribution in [0.2, 0.25) is 0 Å². The van der Waals surface area contributed by atoms with Gasteiger partial charge in [0.05, 0.1) is 30.8 Å². The van der Waals surface area contributed by atoms with Crippen LogP contribution < -0.4 is 9.47 Å². The van der Waals surface area contributed by atoms with E-state index in [1.807, 2.05) is 18.4 Å². The monoisotopic (exact) mass is 297 g/mol. The molecule has 2 rings (SSSR count). The molecule has 0 unspecified atom stereocenters. The molecule has 1 aromatic heterocycles. The molecule has 102 valence electrons. The maximum atomic E-state index is 12.5. The number of hydrogen-bond donors (Lipinski definition) is 0. The van der Waals surface area contributed by atoms with Crippen molar-refractivity contribution in [2.45, 2.75) is 17.6 Å². The Morgan fingerprint density at radius 2 is 1.89 bits per heavy atom. The zero-order chi connectivity index (χ0) is 13.8. The first-order valence-electron chi connectivity index (χ1n) is 5.66. The predicted molar refractivity (Wildman–Crippen MR) is 76.5 cm³/mol. The number of nitrogens with zero attached hydrogens (tertiary/aromatic N) is 1. The molecule has 0 bridgehead atoms. The van der Waals surface area contributed by atoms with Crippen molar-refractivity contribution in [2.24, 2.45) is 0 Å². The Hall–Kier alpha value is -1.40. The van der Waals surface area contributed by atoms with Crippen molar-refractivity contribution >= 4 is 22.1 Å². The van der Waals surface area contributed by atoms with Gasteiger partial charge in [-0.15, -0.1) is 11.3 Å². The number of aromatic nitrogens is 1. The highest BCUT2D eigenvalue weighted by Crippen LogP contribution is 2.33. The molecule has 2 aromatic rings. The third-order valence-electron chi connectivity index (χ3n) is 2.53. The van der Waals surface area contributed by atoms with Gasteiger partial charge < -0.3 is 9.47 Å². The van der Waals surface area contributed by atoms with Crippen LogP contribution in [-0.2, 0) is 16.6 Å². The van der Waals surface area contributed by atoms with Crippen LogP contribution in [0.15, 0.2) is 28.5 Å². The Morgan fingerprint density at radius 1 is 1.26 bits per heavy atom. The van der Waals surface area contributed by atoms with E-state index in [1.54, 1.807) is 26.4 Å². The summed E-state index contributed by atoms with van der Waals surface area (Å²) in [7, 11) is 1.87. The second-order valence-electron chi connectivity index (χ2n) is 3.86. The molecule has 0 amide bonds. The van der Waals surface area contributed by atoms with Crippen molar-refractivity contribution in [3.63, 3.8) is 0 Å². The van der Waals surface area contributed by atoms with Gasteiger partial charge in [0.1, 0.15) is 21.4 Å². The highest BCUT2D eigenvalue weighted by atomic mass is 32.2. The van der Waals surface area contributed by atoms with Crippen molar-refractivity contribution < 1.29 is 13.7 Å². The lowest BCUT2D eigenvalue weighted by atomic mass is 10.3. The lowest BCUT2D eigenvalue weighted by Gasteiger charge is -2.11. The lowest BCUT2D eigenvalue weighted by Crippen LogP contribution is -2.02. The van der Waals surface area contributed by atoms with Crippen molar-refractivity contribution in [2.75, 3.05) is 14.2 Å². The van der Waals surface area contributed by atoms with Gasteiger partial charge in [0.25, 0.3) is 0 Å². The van der Waals surface area contributed by atoms with Gasteiger partial charge in [-0.1, -0.05) is 6.07 Å². The molecule has 0 N–H and O–H groups in total. The zero-order valence-electron chi connectivity index (χ0n) is 11.0. The highest BCUT2D eigenvalue weighted by molar-refractivity contribution is 7.84. The van der Waals surface area contributed by atoms with Crippen LogP contribution in [0.5, 0.6) is 11.5 Å². The first-order valence-corrected chi connectivity index (χ1v) is 7.86. The fourth-order valence-electron chi connectivity index (χ4n) is 1.69. The topological polar surface area (TPSA) is 48.4 Å². The number of ether oxygens (including phenoxy) is 2. The molecule has 6 heteroatoms. The number of aryl methyl sites for hydroxylation is 1. The quantitative estimate of drug-likeness (QED) is 0.851. The fraction of sp³-hybridized carbons (Fsp3) is 0.308. The predicted octanol–water partition coefficient (Wildman–Crippen LogP) is 2.78. The van der Waals surface area contributed by atoms with Crippen molar-refractivity contribution in [1.82, 2.24) is 4.98 Å². The van der Waals surface area contributed by atoms with E-state index in [0.29, 0.717) is 22.1 Å². The van der Waals surface area contributed by atoms with Crippen LogP contribution in [0.25, 0.3) is 0 Å². The van der Waals surface area contributed by atoms with Gasteiger partial charge >= 0.3 is 0 Å². The molecule has 0 radical (unpaired) electrons. The van der Waals surface area contributed by atoms with E-state index in [1.165, 1.54) is 11.3 Å². The zero-order valence-corrected chi connectivity index (χ0v) is 12.6. The summed E-state index contributed by atoms with van der Waals surface area (Å²) in [5, 5.41) is 2.80. The molecule has 0 aliphatic carbocycles. The molecular weight excluding hydrogens is 282 g/mol. The fourth-order valence-corrected chi connectivity index (χ4v) is 4.03. The van der Waals surface area contributed by atoms with Crippen LogP contribution in [0.4, 0.5) is 0 Å². The molecule has 0 aliphatic rings. The summed E-state index contributed by atoms with van der Waals surface area (Å²) < 4.78 is 23.0. The maximum Gasteiger partial charge on any atom is 0.138 e. The maximum absolute atomic E-state index is 12.5. The smallest absolute Gasteiger partial charge is 0.138 e. The van der Waals surface area contributed by atoms with Crippen molar-refractivity contribution in [1.29, 1.82) is 0 Å². The number of rotatable bonds is 5. The van der Waals surface area contributed by atoms with Gasteiger partial charge in [-0.2, -0.15) is 0 Å². The van der Waals surface area contributed by atoms with Gasteiger partial charge in [-0.3, -0.25) is 4.21 Å². The lowest BCUT2D eigenvalue weighted by molar-refractivity contribution is 0.375. The Kier molecular flexibility index (Phi) is 4.55. The summed E-state index contributed by atoms with van der Waals surface area (Å²) in [6, 6.07) is 5.37. The van der Waals surface area contributed by atoms with E-state index >= 15 is 0 Å². The minimum Gasteiger partial charge on any atom is -0.495 e. The van der Waals surface area contributed by atoms with E-state index in [-0.39, 0.29) is 0 Å². The molecule has 0 saturated carbocycles. The Labute approximate surface area is 118 Å². The number of hydrogen-bond acceptors (Lipinski definition) is 5. The molecule has 19 heavy (non-hydrogen) atoms. The van der Waals surface area contributed by atoms with E-state index in [4.69, 9.17) is 9.47 Å². The minimum atomic E-state index is -1.25. The first kappa shape index (κ1) is 14.0. The van der Waals surface area contributed by atoms with Crippen LogP contribution >= 0.6 is 11.3 Å². The third-order valence-corrected chi connectivity index (χ3v) is 5.07. The summed E-state index contributed by atoms with van der Waals surface area (Å²) >= 11 is 1.51. The van der Waals surface area contributed by atoms with Gasteiger partial charge in [0.2, 0.25) is 0 Å². The summed E-state index contributed by atoms with van der Waals surface area (Å²) in [4.78, 5) is 4.91. The molecule has 0 spiro atoms. The molecule has 4 nitrogen and oxygen atoms in total. The van der Waals surface area contributed by atoms with Crippen molar-refractivity contribution in [3.05, 3.63) is 34.3 Å². The van der Waals surface area contributed by atoms with E-state index < -0.39 is 10.8 Å². The average molecular weight is 297 g/mol. The molecular formula is C13H15NO3S2. The minimum absolute atomic E-state index is 0.370. The molecule has 1 heterocycles. The van der Waals surface area contributed by atoms with E-state index in [9.17, 15) is 4.21 Å². The van der Waals surface area contributed by atoms with Crippen LogP contribution in [0.1, 0.15) is 10.7 Å². The molecule has 0 fully saturated rings. The summed E-state index contributed by atoms with van der Waals surface area (Å²) in [6.07, 6.45) is 0. The van der Waals surface area contributed by atoms with Crippen LogP contribution in [0, 0.1) is 6.92 Å². The SMILES string of the molecule is COc1cccc(OC)c1[S@@](=O)Cc1nc(C)cs1. The number of methoxy groups -OCH3 is 2. The average Bonchev–Trinajstić information content (AvgIpc) is 2.82. The molecule has 1 aromatic carbocycles. The molecule has 0 saturated heterocycles. The summed E-state index contributed by atoms with van der Waals surface area (Å²) in [5.74, 6) is 1.52. The van der Waals surface area contributed by atoms with Gasteiger partial charge in [0, 0.05) is 11.1 Å². The summed E-state index contributed by atoms with van der Waals surface area (Å²) in [5.41, 5.74) is 0.948. The second-order valence-corrected chi connectivity index (χ2v) is 6.19. The second kappa shape index (κ2) is 6.16. The van der Waals surface area contributed by atoms with Gasteiger partial charge in [-0.25, -0.2) is 4.98 Å². The third kappa shape index (κ3) is 3.13. The van der Waals surface area contributed by atoms with Gasteiger partial charge in [0.15, 0.2) is 0 Å². The molecule has 1 atom stereocenters. The van der Waals surface area contributed by atoms with E-state index in [0.717, 1.165) is 10.7 Å². The largest absolute Gasteiger partial charge is 0.495 e. The number of thiazole rings is 1. The highest BCUT2D eigenvalue weighted by Gasteiger charge is 2.18. The van der Waals surface area contributed by atoms with Crippen LogP contribution in [0.3, 0.4) is 0 Å². The Balaban J connectivity index is 2.32. The Morgan fingerprint density at radius 3 is 2.37 bits per heavy atom. The normalized spacial score (nSPS) is 12.2. The molecule has 0 aliphatic heterocycles. The number of benzene rings is 1. The Bertz CT molecular complexity index is 573. The first-order chi connectivity index (χ1) is 9.15. The van der Waals surface area contributed by atoms with Crippen LogP contribution in [-0.4, -0.2) is 23.4 Å². The summed E-state index contributed by atoms with van der Waals surface area (Å²) in [6.45, 7) is 1.92. The van der Waals surface area contributed by atoms with Gasteiger partial charge in [-0.05, 0) is 19.1 Å². The van der Waals surface area contributed by atoms with Crippen molar-refractivity contribution in [3.8, 4) is 11.5 Å².